The lowest BCUT2D eigenvalue weighted by Crippen LogP contribution is -2.24. The molecule has 0 unspecified atom stereocenters. The number of rotatable bonds is 10. The molecule has 34 heavy (non-hydrogen) atoms. The van der Waals surface area contributed by atoms with Crippen molar-refractivity contribution in [1.82, 2.24) is 20.1 Å². The van der Waals surface area contributed by atoms with Crippen LogP contribution in [0.1, 0.15) is 12.5 Å². The van der Waals surface area contributed by atoms with Gasteiger partial charge in [0.25, 0.3) is 0 Å². The Kier molecular flexibility index (Phi) is 7.83. The van der Waals surface area contributed by atoms with Crippen LogP contribution < -0.4 is 14.8 Å². The van der Waals surface area contributed by atoms with Gasteiger partial charge in [-0.05, 0) is 48.9 Å². The van der Waals surface area contributed by atoms with Gasteiger partial charge in [0.05, 0.1) is 19.5 Å². The van der Waals surface area contributed by atoms with Crippen LogP contribution in [0.4, 0.5) is 0 Å². The van der Waals surface area contributed by atoms with Crippen molar-refractivity contribution in [3.05, 3.63) is 84.4 Å². The fraction of sp³-hybridized carbons (Fsp3) is 0.192. The Labute approximate surface area is 203 Å². The van der Waals surface area contributed by atoms with E-state index in [1.807, 2.05) is 90.4 Å². The number of ether oxygens (including phenoxy) is 2. The van der Waals surface area contributed by atoms with E-state index in [4.69, 9.17) is 9.47 Å². The van der Waals surface area contributed by atoms with Gasteiger partial charge in [-0.15, -0.1) is 10.2 Å². The highest BCUT2D eigenvalue weighted by Crippen LogP contribution is 2.28. The minimum absolute atomic E-state index is 0.0803. The van der Waals surface area contributed by atoms with Crippen molar-refractivity contribution >= 4 is 17.7 Å². The summed E-state index contributed by atoms with van der Waals surface area (Å²) in [6.45, 7) is 3.01. The molecule has 0 bridgehead atoms. The molecule has 4 aromatic rings. The van der Waals surface area contributed by atoms with E-state index in [1.165, 1.54) is 11.8 Å². The van der Waals surface area contributed by atoms with Crippen molar-refractivity contribution in [1.29, 1.82) is 0 Å². The monoisotopic (exact) mass is 474 g/mol. The van der Waals surface area contributed by atoms with Crippen LogP contribution in [0.2, 0.25) is 0 Å². The highest BCUT2D eigenvalue weighted by Gasteiger charge is 2.17. The Morgan fingerprint density at radius 3 is 2.32 bits per heavy atom. The highest BCUT2D eigenvalue weighted by molar-refractivity contribution is 7.99. The average Bonchev–Trinajstić information content (AvgIpc) is 3.31. The normalized spacial score (nSPS) is 10.6. The largest absolute Gasteiger partial charge is 0.497 e. The second-order valence-electron chi connectivity index (χ2n) is 7.35. The van der Waals surface area contributed by atoms with Crippen molar-refractivity contribution in [2.24, 2.45) is 0 Å². The van der Waals surface area contributed by atoms with Gasteiger partial charge < -0.3 is 14.8 Å². The number of benzene rings is 3. The van der Waals surface area contributed by atoms with Crippen LogP contribution >= 0.6 is 11.8 Å². The quantitative estimate of drug-likeness (QED) is 0.334. The molecule has 0 atom stereocenters. The van der Waals surface area contributed by atoms with Crippen LogP contribution in [0.3, 0.4) is 0 Å². The molecule has 7 nitrogen and oxygen atoms in total. The van der Waals surface area contributed by atoms with Gasteiger partial charge in [0.2, 0.25) is 5.91 Å². The number of aromatic nitrogens is 3. The Morgan fingerprint density at radius 1 is 0.941 bits per heavy atom. The van der Waals surface area contributed by atoms with Crippen LogP contribution in [-0.2, 0) is 11.3 Å². The van der Waals surface area contributed by atoms with E-state index in [9.17, 15) is 4.79 Å². The molecule has 0 saturated carbocycles. The van der Waals surface area contributed by atoms with Gasteiger partial charge >= 0.3 is 0 Å². The maximum absolute atomic E-state index is 12.5. The number of nitrogens with one attached hydrogen (secondary N) is 1. The summed E-state index contributed by atoms with van der Waals surface area (Å²) in [7, 11) is 1.63. The molecule has 4 rings (SSSR count). The van der Waals surface area contributed by atoms with Gasteiger partial charge in [-0.2, -0.15) is 0 Å². The zero-order chi connectivity index (χ0) is 23.8. The van der Waals surface area contributed by atoms with Crippen molar-refractivity contribution in [2.75, 3.05) is 19.5 Å². The molecule has 0 fully saturated rings. The van der Waals surface area contributed by atoms with Crippen LogP contribution in [0.15, 0.2) is 84.0 Å². The molecule has 0 aliphatic rings. The van der Waals surface area contributed by atoms with Gasteiger partial charge in [-0.25, -0.2) is 0 Å². The fourth-order valence-electron chi connectivity index (χ4n) is 3.35. The molecule has 0 aliphatic heterocycles. The Balaban J connectivity index is 1.49. The molecule has 0 saturated heterocycles. The average molecular weight is 475 g/mol. The van der Waals surface area contributed by atoms with Gasteiger partial charge in [0.15, 0.2) is 11.0 Å². The van der Waals surface area contributed by atoms with Crippen molar-refractivity contribution < 1.29 is 14.3 Å². The number of carbonyl (C=O) groups excluding carboxylic acids is 1. The SMILES string of the molecule is CCOc1ccc(-n2c(SCC(=O)NCc3ccc(OC)cc3)nnc2-c2ccccc2)cc1. The number of hydrogen-bond donors (Lipinski definition) is 1. The number of methoxy groups -OCH3 is 1. The summed E-state index contributed by atoms with van der Waals surface area (Å²) in [5.41, 5.74) is 2.84. The molecular weight excluding hydrogens is 448 g/mol. The summed E-state index contributed by atoms with van der Waals surface area (Å²) in [6.07, 6.45) is 0. The second kappa shape index (κ2) is 11.4. The first-order valence-corrected chi connectivity index (χ1v) is 11.9. The lowest BCUT2D eigenvalue weighted by Gasteiger charge is -2.12. The summed E-state index contributed by atoms with van der Waals surface area (Å²) in [4.78, 5) is 12.5. The third-order valence-corrected chi connectivity index (χ3v) is 5.98. The predicted molar refractivity (Wildman–Crippen MR) is 134 cm³/mol. The molecule has 0 aliphatic carbocycles. The van der Waals surface area contributed by atoms with E-state index in [0.717, 1.165) is 28.3 Å². The van der Waals surface area contributed by atoms with E-state index < -0.39 is 0 Å². The topological polar surface area (TPSA) is 78.3 Å². The lowest BCUT2D eigenvalue weighted by molar-refractivity contribution is -0.118. The zero-order valence-electron chi connectivity index (χ0n) is 19.1. The Morgan fingerprint density at radius 2 is 1.65 bits per heavy atom. The van der Waals surface area contributed by atoms with E-state index in [0.29, 0.717) is 24.1 Å². The van der Waals surface area contributed by atoms with E-state index >= 15 is 0 Å². The number of thioether (sulfide) groups is 1. The minimum atomic E-state index is -0.0803. The fourth-order valence-corrected chi connectivity index (χ4v) is 4.14. The van der Waals surface area contributed by atoms with Gasteiger partial charge in [-0.1, -0.05) is 54.2 Å². The Hall–Kier alpha value is -3.78. The minimum Gasteiger partial charge on any atom is -0.497 e. The maximum atomic E-state index is 12.5. The molecule has 3 aromatic carbocycles. The smallest absolute Gasteiger partial charge is 0.230 e. The molecule has 1 N–H and O–H groups in total. The highest BCUT2D eigenvalue weighted by atomic mass is 32.2. The van der Waals surface area contributed by atoms with Crippen molar-refractivity contribution in [3.8, 4) is 28.6 Å². The molecule has 174 valence electrons. The van der Waals surface area contributed by atoms with E-state index in [-0.39, 0.29) is 11.7 Å². The molecule has 0 spiro atoms. The van der Waals surface area contributed by atoms with Gasteiger partial charge in [0, 0.05) is 17.8 Å². The number of amides is 1. The Bertz CT molecular complexity index is 1210. The van der Waals surface area contributed by atoms with Crippen LogP contribution in [-0.4, -0.2) is 40.1 Å². The van der Waals surface area contributed by atoms with Gasteiger partial charge in [0.1, 0.15) is 11.5 Å². The molecule has 1 heterocycles. The predicted octanol–water partition coefficient (Wildman–Crippen LogP) is 4.75. The molecule has 0 radical (unpaired) electrons. The summed E-state index contributed by atoms with van der Waals surface area (Å²) in [5, 5.41) is 12.4. The molecule has 8 heteroatoms. The lowest BCUT2D eigenvalue weighted by atomic mass is 10.2. The summed E-state index contributed by atoms with van der Waals surface area (Å²) in [5.74, 6) is 2.44. The first-order chi connectivity index (χ1) is 16.7. The van der Waals surface area contributed by atoms with Crippen molar-refractivity contribution in [3.63, 3.8) is 0 Å². The number of hydrogen-bond acceptors (Lipinski definition) is 6. The maximum Gasteiger partial charge on any atom is 0.230 e. The number of carbonyl (C=O) groups is 1. The van der Waals surface area contributed by atoms with Gasteiger partial charge in [-0.3, -0.25) is 9.36 Å². The standard InChI is InChI=1S/C26H26N4O3S/c1-3-33-23-15-11-21(12-16-23)30-25(20-7-5-4-6-8-20)28-29-26(30)34-18-24(31)27-17-19-9-13-22(32-2)14-10-19/h4-16H,3,17-18H2,1-2H3,(H,27,31). The van der Waals surface area contributed by atoms with Crippen LogP contribution in [0, 0.1) is 0 Å². The second-order valence-corrected chi connectivity index (χ2v) is 8.29. The van der Waals surface area contributed by atoms with Crippen molar-refractivity contribution in [2.45, 2.75) is 18.6 Å². The molecular formula is C26H26N4O3S. The first kappa shape index (κ1) is 23.4. The van der Waals surface area contributed by atoms with Crippen LogP contribution in [0.25, 0.3) is 17.1 Å². The molecule has 1 amide bonds. The van der Waals surface area contributed by atoms with E-state index in [1.54, 1.807) is 7.11 Å². The third-order valence-electron chi connectivity index (χ3n) is 5.05. The summed E-state index contributed by atoms with van der Waals surface area (Å²) < 4.78 is 12.7. The van der Waals surface area contributed by atoms with Crippen LogP contribution in [0.5, 0.6) is 11.5 Å². The zero-order valence-corrected chi connectivity index (χ0v) is 19.9. The van der Waals surface area contributed by atoms with E-state index in [2.05, 4.69) is 15.5 Å². The molecule has 1 aromatic heterocycles. The first-order valence-electron chi connectivity index (χ1n) is 10.9. The third kappa shape index (κ3) is 5.77. The summed E-state index contributed by atoms with van der Waals surface area (Å²) in [6, 6.07) is 25.3. The number of nitrogens with zero attached hydrogens (tertiary/aromatic N) is 3. The summed E-state index contributed by atoms with van der Waals surface area (Å²) >= 11 is 1.35.